The Labute approximate surface area is 139 Å². The second kappa shape index (κ2) is 5.53. The molecule has 2 aromatic carbocycles. The van der Waals surface area contributed by atoms with Crippen LogP contribution in [0.5, 0.6) is 0 Å². The van der Waals surface area contributed by atoms with E-state index in [2.05, 4.69) is 17.4 Å². The van der Waals surface area contributed by atoms with E-state index in [0.717, 1.165) is 24.0 Å². The zero-order valence-corrected chi connectivity index (χ0v) is 13.1. The third kappa shape index (κ3) is 2.32. The highest BCUT2D eigenvalue weighted by Crippen LogP contribution is 2.49. The molecule has 0 amide bonds. The number of nitro groups is 1. The molecule has 1 aliphatic carbocycles. The van der Waals surface area contributed by atoms with Crippen molar-refractivity contribution in [1.82, 2.24) is 5.32 Å². The summed E-state index contributed by atoms with van der Waals surface area (Å²) in [6, 6.07) is 16.6. The van der Waals surface area contributed by atoms with E-state index in [1.54, 1.807) is 12.1 Å². The number of hydrogen-bond donors (Lipinski definition) is 1. The van der Waals surface area contributed by atoms with Crippen molar-refractivity contribution in [2.24, 2.45) is 5.41 Å². The molecule has 3 atom stereocenters. The number of hydrogen-bond acceptors (Lipinski definition) is 4. The summed E-state index contributed by atoms with van der Waals surface area (Å²) in [4.78, 5) is 23.8. The van der Waals surface area contributed by atoms with Crippen LogP contribution in [0.2, 0.25) is 0 Å². The average Bonchev–Trinajstić information content (AvgIpc) is 3.11. The minimum absolute atomic E-state index is 0.0418. The SMILES string of the molecule is O=C1C(c2cccc([N+](=O)[O-])c2)C2CC1(Cc1ccccc1)CN2. The highest BCUT2D eigenvalue weighted by Gasteiger charge is 2.57. The van der Waals surface area contributed by atoms with Crippen molar-refractivity contribution in [2.75, 3.05) is 6.54 Å². The Balaban J connectivity index is 1.65. The zero-order chi connectivity index (χ0) is 16.7. The molecule has 24 heavy (non-hydrogen) atoms. The van der Waals surface area contributed by atoms with Gasteiger partial charge in [-0.05, 0) is 24.0 Å². The van der Waals surface area contributed by atoms with Crippen LogP contribution in [0.15, 0.2) is 54.6 Å². The van der Waals surface area contributed by atoms with E-state index < -0.39 is 4.92 Å². The summed E-state index contributed by atoms with van der Waals surface area (Å²) in [5, 5.41) is 14.5. The Morgan fingerprint density at radius 1 is 1.17 bits per heavy atom. The number of rotatable bonds is 4. The number of carbonyl (C=O) groups is 1. The van der Waals surface area contributed by atoms with Crippen LogP contribution in [0, 0.1) is 15.5 Å². The van der Waals surface area contributed by atoms with Gasteiger partial charge in [0.05, 0.1) is 10.8 Å². The fraction of sp³-hybridized carbons (Fsp3) is 0.316. The lowest BCUT2D eigenvalue weighted by Gasteiger charge is -2.29. The highest BCUT2D eigenvalue weighted by atomic mass is 16.6. The molecule has 1 aliphatic heterocycles. The van der Waals surface area contributed by atoms with Crippen LogP contribution in [-0.4, -0.2) is 23.3 Å². The van der Waals surface area contributed by atoms with Gasteiger partial charge in [-0.25, -0.2) is 0 Å². The molecular weight excluding hydrogens is 304 g/mol. The molecule has 4 rings (SSSR count). The monoisotopic (exact) mass is 322 g/mol. The number of fused-ring (bicyclic) bond motifs is 2. The lowest BCUT2D eigenvalue weighted by Crippen LogP contribution is -2.43. The maximum Gasteiger partial charge on any atom is 0.269 e. The maximum atomic E-state index is 13.2. The minimum atomic E-state index is -0.408. The van der Waals surface area contributed by atoms with Crippen molar-refractivity contribution in [1.29, 1.82) is 0 Å². The van der Waals surface area contributed by atoms with Crippen LogP contribution in [0.1, 0.15) is 23.5 Å². The molecule has 2 aliphatic rings. The topological polar surface area (TPSA) is 72.2 Å². The standard InChI is InChI=1S/C19H18N2O3/c22-18-17(14-7-4-8-15(9-14)21(23)24)16-11-19(18,12-20-16)10-13-5-2-1-3-6-13/h1-9,16-17,20H,10-12H2. The number of carbonyl (C=O) groups excluding carboxylic acids is 1. The molecule has 5 heteroatoms. The van der Waals surface area contributed by atoms with Crippen molar-refractivity contribution in [3.05, 3.63) is 75.8 Å². The summed E-state index contributed by atoms with van der Waals surface area (Å²) in [5.74, 6) is -0.0713. The molecule has 1 N–H and O–H groups in total. The third-order valence-electron chi connectivity index (χ3n) is 5.35. The van der Waals surface area contributed by atoms with Crippen LogP contribution >= 0.6 is 0 Å². The second-order valence-electron chi connectivity index (χ2n) is 6.83. The molecule has 5 nitrogen and oxygen atoms in total. The third-order valence-corrected chi connectivity index (χ3v) is 5.35. The van der Waals surface area contributed by atoms with E-state index >= 15 is 0 Å². The Morgan fingerprint density at radius 2 is 1.96 bits per heavy atom. The van der Waals surface area contributed by atoms with Crippen LogP contribution in [-0.2, 0) is 11.2 Å². The van der Waals surface area contributed by atoms with Crippen LogP contribution in [0.25, 0.3) is 0 Å². The lowest BCUT2D eigenvalue weighted by molar-refractivity contribution is -0.384. The van der Waals surface area contributed by atoms with Crippen molar-refractivity contribution >= 4 is 11.5 Å². The fourth-order valence-corrected chi connectivity index (χ4v) is 4.25. The molecule has 0 aromatic heterocycles. The smallest absolute Gasteiger partial charge is 0.269 e. The number of Topliss-reactive ketones (excluding diaryl/α,β-unsaturated/α-hetero) is 1. The minimum Gasteiger partial charge on any atom is -0.312 e. The van der Waals surface area contributed by atoms with Gasteiger partial charge in [0.25, 0.3) is 5.69 Å². The van der Waals surface area contributed by atoms with E-state index in [9.17, 15) is 14.9 Å². The van der Waals surface area contributed by atoms with E-state index in [-0.39, 0.29) is 28.8 Å². The zero-order valence-electron chi connectivity index (χ0n) is 13.1. The van der Waals surface area contributed by atoms with Gasteiger partial charge in [0.15, 0.2) is 0 Å². The first kappa shape index (κ1) is 15.0. The van der Waals surface area contributed by atoms with Gasteiger partial charge in [0, 0.05) is 30.1 Å². The molecule has 2 fully saturated rings. The van der Waals surface area contributed by atoms with Crippen molar-refractivity contribution in [3.63, 3.8) is 0 Å². The molecule has 122 valence electrons. The number of non-ortho nitro benzene ring substituents is 1. The summed E-state index contributed by atoms with van der Waals surface area (Å²) >= 11 is 0. The van der Waals surface area contributed by atoms with Crippen molar-refractivity contribution in [3.8, 4) is 0 Å². The van der Waals surface area contributed by atoms with Gasteiger partial charge < -0.3 is 5.32 Å². The van der Waals surface area contributed by atoms with Gasteiger partial charge in [-0.15, -0.1) is 0 Å². The fourth-order valence-electron chi connectivity index (χ4n) is 4.25. The molecule has 2 bridgehead atoms. The molecule has 2 aromatic rings. The van der Waals surface area contributed by atoms with Gasteiger partial charge >= 0.3 is 0 Å². The van der Waals surface area contributed by atoms with E-state index in [0.29, 0.717) is 6.54 Å². The number of nitrogens with zero attached hydrogens (tertiary/aromatic N) is 1. The lowest BCUT2D eigenvalue weighted by atomic mass is 9.77. The Kier molecular flexibility index (Phi) is 3.46. The summed E-state index contributed by atoms with van der Waals surface area (Å²) in [5.41, 5.74) is 1.57. The highest BCUT2D eigenvalue weighted by molar-refractivity contribution is 5.96. The summed E-state index contributed by atoms with van der Waals surface area (Å²) in [6.07, 6.45) is 1.52. The Hall–Kier alpha value is -2.53. The predicted molar refractivity (Wildman–Crippen MR) is 89.8 cm³/mol. The first-order chi connectivity index (χ1) is 11.6. The first-order valence-corrected chi connectivity index (χ1v) is 8.15. The Bertz CT molecular complexity index is 805. The molecule has 1 heterocycles. The van der Waals surface area contributed by atoms with Crippen molar-refractivity contribution < 1.29 is 9.72 Å². The van der Waals surface area contributed by atoms with Crippen LogP contribution < -0.4 is 5.32 Å². The first-order valence-electron chi connectivity index (χ1n) is 8.15. The predicted octanol–water partition coefficient (Wildman–Crippen LogP) is 2.85. The van der Waals surface area contributed by atoms with Crippen LogP contribution in [0.4, 0.5) is 5.69 Å². The largest absolute Gasteiger partial charge is 0.312 e. The summed E-state index contributed by atoms with van der Waals surface area (Å²) < 4.78 is 0. The average molecular weight is 322 g/mol. The van der Waals surface area contributed by atoms with Gasteiger partial charge in [-0.2, -0.15) is 0 Å². The number of piperidine rings is 1. The van der Waals surface area contributed by atoms with Crippen LogP contribution in [0.3, 0.4) is 0 Å². The van der Waals surface area contributed by atoms with Gasteiger partial charge in [0.2, 0.25) is 0 Å². The van der Waals surface area contributed by atoms with Gasteiger partial charge in [-0.1, -0.05) is 42.5 Å². The van der Waals surface area contributed by atoms with E-state index in [4.69, 9.17) is 0 Å². The molecule has 0 spiro atoms. The number of benzene rings is 2. The summed E-state index contributed by atoms with van der Waals surface area (Å²) in [6.45, 7) is 0.691. The van der Waals surface area contributed by atoms with E-state index in [1.165, 1.54) is 6.07 Å². The van der Waals surface area contributed by atoms with E-state index in [1.807, 2.05) is 24.3 Å². The summed E-state index contributed by atoms with van der Waals surface area (Å²) in [7, 11) is 0. The number of nitrogens with one attached hydrogen (secondary N) is 1. The number of ketones is 1. The maximum absolute atomic E-state index is 13.2. The normalized spacial score (nSPS) is 28.2. The molecule has 1 saturated carbocycles. The molecule has 1 saturated heterocycles. The molecule has 3 unspecified atom stereocenters. The van der Waals surface area contributed by atoms with Crippen molar-refractivity contribution in [2.45, 2.75) is 24.8 Å². The molecule has 0 radical (unpaired) electrons. The van der Waals surface area contributed by atoms with Gasteiger partial charge in [0.1, 0.15) is 5.78 Å². The molecular formula is C19H18N2O3. The quantitative estimate of drug-likeness (QED) is 0.694. The number of nitro benzene ring substituents is 1. The second-order valence-corrected chi connectivity index (χ2v) is 6.83. The van der Waals surface area contributed by atoms with Gasteiger partial charge in [-0.3, -0.25) is 14.9 Å². The Morgan fingerprint density at radius 3 is 2.71 bits per heavy atom.